The van der Waals surface area contributed by atoms with Gasteiger partial charge in [0.05, 0.1) is 6.04 Å². The highest BCUT2D eigenvalue weighted by molar-refractivity contribution is 4.81. The maximum absolute atomic E-state index is 5.86. The monoisotopic (exact) mass is 254 g/mol. The lowest BCUT2D eigenvalue weighted by molar-refractivity contribution is -0.940. The summed E-state index contributed by atoms with van der Waals surface area (Å²) < 4.78 is 5.86. The molecule has 2 aliphatic rings. The van der Waals surface area contributed by atoms with Crippen molar-refractivity contribution in [3.63, 3.8) is 0 Å². The van der Waals surface area contributed by atoms with Crippen LogP contribution in [0.4, 0.5) is 0 Å². The molecule has 1 saturated carbocycles. The van der Waals surface area contributed by atoms with E-state index in [-0.39, 0.29) is 0 Å². The summed E-state index contributed by atoms with van der Waals surface area (Å²) in [6, 6.07) is 0.900. The minimum absolute atomic E-state index is 0.448. The lowest BCUT2D eigenvalue weighted by atomic mass is 9.71. The molecule has 1 heterocycles. The highest BCUT2D eigenvalue weighted by atomic mass is 16.5. The topological polar surface area (TPSA) is 13.7 Å². The van der Waals surface area contributed by atoms with Crippen LogP contribution < -0.4 is 4.90 Å². The average molecular weight is 254 g/mol. The highest BCUT2D eigenvalue weighted by Crippen LogP contribution is 2.37. The maximum atomic E-state index is 5.86. The third kappa shape index (κ3) is 3.48. The van der Waals surface area contributed by atoms with Gasteiger partial charge in [-0.25, -0.2) is 0 Å². The van der Waals surface area contributed by atoms with Gasteiger partial charge in [-0.1, -0.05) is 20.8 Å². The smallest absolute Gasteiger partial charge is 0.104 e. The molecule has 106 valence electrons. The predicted molar refractivity (Wildman–Crippen MR) is 75.9 cm³/mol. The summed E-state index contributed by atoms with van der Waals surface area (Å²) in [5, 5.41) is 0. The molecule has 0 aromatic rings. The molecular weight excluding hydrogens is 222 g/mol. The van der Waals surface area contributed by atoms with E-state index >= 15 is 0 Å². The lowest BCUT2D eigenvalue weighted by Crippen LogP contribution is -3.19. The van der Waals surface area contributed by atoms with E-state index in [0.29, 0.717) is 17.6 Å². The zero-order chi connectivity index (χ0) is 13.3. The minimum atomic E-state index is 0.448. The van der Waals surface area contributed by atoms with Gasteiger partial charge in [0, 0.05) is 0 Å². The van der Waals surface area contributed by atoms with Gasteiger partial charge in [-0.05, 0) is 50.9 Å². The van der Waals surface area contributed by atoms with Crippen LogP contribution >= 0.6 is 0 Å². The van der Waals surface area contributed by atoms with E-state index < -0.39 is 0 Å². The molecule has 2 rings (SSSR count). The van der Waals surface area contributed by atoms with E-state index in [2.05, 4.69) is 34.6 Å². The van der Waals surface area contributed by atoms with Crippen molar-refractivity contribution in [3.05, 3.63) is 0 Å². The molecule has 1 N–H and O–H groups in total. The summed E-state index contributed by atoms with van der Waals surface area (Å²) in [6.45, 7) is 14.1. The Hall–Kier alpha value is -0.0800. The number of rotatable bonds is 1. The van der Waals surface area contributed by atoms with Gasteiger partial charge in [-0.15, -0.1) is 0 Å². The van der Waals surface area contributed by atoms with Gasteiger partial charge in [0.1, 0.15) is 25.3 Å². The van der Waals surface area contributed by atoms with Gasteiger partial charge in [-0.3, -0.25) is 0 Å². The number of hydrogen-bond acceptors (Lipinski definition) is 1. The quantitative estimate of drug-likeness (QED) is 0.758. The molecule has 1 aliphatic carbocycles. The molecule has 0 radical (unpaired) electrons. The second-order valence-corrected chi connectivity index (χ2v) is 7.74. The molecule has 1 saturated heterocycles. The predicted octanol–water partition coefficient (Wildman–Crippen LogP) is 2.28. The summed E-state index contributed by atoms with van der Waals surface area (Å²) >= 11 is 0. The number of nitrogens with one attached hydrogen (secondary N) is 1. The average Bonchev–Trinajstić information content (AvgIpc) is 2.27. The molecule has 0 bridgehead atoms. The van der Waals surface area contributed by atoms with Crippen molar-refractivity contribution < 1.29 is 9.64 Å². The van der Waals surface area contributed by atoms with Crippen molar-refractivity contribution in [2.24, 2.45) is 11.3 Å². The first-order valence-corrected chi connectivity index (χ1v) is 7.86. The Morgan fingerprint density at radius 3 is 1.83 bits per heavy atom. The van der Waals surface area contributed by atoms with Crippen LogP contribution in [0.2, 0.25) is 0 Å². The highest BCUT2D eigenvalue weighted by Gasteiger charge is 2.36. The second-order valence-electron chi connectivity index (χ2n) is 7.74. The summed E-state index contributed by atoms with van der Waals surface area (Å²) in [4.78, 5) is 1.81. The van der Waals surface area contributed by atoms with Crippen LogP contribution in [0.5, 0.6) is 0 Å². The van der Waals surface area contributed by atoms with E-state index in [9.17, 15) is 0 Å². The first kappa shape index (κ1) is 14.3. The van der Waals surface area contributed by atoms with Gasteiger partial charge >= 0.3 is 0 Å². The Morgan fingerprint density at radius 1 is 0.889 bits per heavy atom. The normalized spacial score (nSPS) is 42.8. The fourth-order valence-electron chi connectivity index (χ4n) is 4.02. The zero-order valence-corrected chi connectivity index (χ0v) is 13.0. The van der Waals surface area contributed by atoms with Gasteiger partial charge in [-0.2, -0.15) is 0 Å². The summed E-state index contributed by atoms with van der Waals surface area (Å²) in [5.41, 5.74) is 0.506. The van der Waals surface area contributed by atoms with Crippen LogP contribution in [0.3, 0.4) is 0 Å². The molecular formula is C16H32NO+. The SMILES string of the molecule is C[C@@H]1C[NH+](C2CCC(C(C)(C)C)CC2)C[C@@H](C)O1. The molecule has 2 atom stereocenters. The number of hydrogen-bond donors (Lipinski definition) is 1. The largest absolute Gasteiger partial charge is 0.364 e. The number of morpholine rings is 1. The molecule has 2 heteroatoms. The molecule has 0 amide bonds. The Balaban J connectivity index is 1.86. The van der Waals surface area contributed by atoms with Crippen LogP contribution in [-0.2, 0) is 4.74 Å². The van der Waals surface area contributed by atoms with Crippen LogP contribution in [-0.4, -0.2) is 31.3 Å². The molecule has 2 nitrogen and oxygen atoms in total. The first-order valence-electron chi connectivity index (χ1n) is 7.86. The van der Waals surface area contributed by atoms with E-state index in [1.807, 2.05) is 4.90 Å². The summed E-state index contributed by atoms with van der Waals surface area (Å²) in [6.07, 6.45) is 6.61. The van der Waals surface area contributed by atoms with Crippen molar-refractivity contribution in [2.45, 2.75) is 78.6 Å². The summed E-state index contributed by atoms with van der Waals surface area (Å²) in [5.74, 6) is 0.934. The van der Waals surface area contributed by atoms with E-state index in [1.54, 1.807) is 0 Å². The number of ether oxygens (including phenoxy) is 1. The molecule has 1 aliphatic heterocycles. The van der Waals surface area contributed by atoms with Crippen molar-refractivity contribution >= 4 is 0 Å². The van der Waals surface area contributed by atoms with Crippen molar-refractivity contribution in [1.82, 2.24) is 0 Å². The third-order valence-corrected chi connectivity index (χ3v) is 5.09. The maximum Gasteiger partial charge on any atom is 0.104 e. The zero-order valence-electron chi connectivity index (χ0n) is 13.0. The minimum Gasteiger partial charge on any atom is -0.364 e. The van der Waals surface area contributed by atoms with Crippen LogP contribution in [0.1, 0.15) is 60.3 Å². The van der Waals surface area contributed by atoms with Crippen molar-refractivity contribution in [1.29, 1.82) is 0 Å². The molecule has 18 heavy (non-hydrogen) atoms. The summed E-state index contributed by atoms with van der Waals surface area (Å²) in [7, 11) is 0. The Bertz CT molecular complexity index is 253. The van der Waals surface area contributed by atoms with E-state index in [4.69, 9.17) is 4.74 Å². The van der Waals surface area contributed by atoms with Crippen molar-refractivity contribution in [2.75, 3.05) is 13.1 Å². The molecule has 0 unspecified atom stereocenters. The molecule has 0 aromatic carbocycles. The number of quaternary nitrogens is 1. The Morgan fingerprint density at radius 2 is 1.39 bits per heavy atom. The Labute approximate surface area is 113 Å². The first-order chi connectivity index (χ1) is 8.36. The van der Waals surface area contributed by atoms with Crippen molar-refractivity contribution in [3.8, 4) is 0 Å². The standard InChI is InChI=1S/C16H31NO/c1-12-10-17(11-13(2)18-12)15-8-6-14(7-9-15)16(3,4)5/h12-15H,6-11H2,1-5H3/p+1/t12-,13-,14?,15?/m1/s1. The fraction of sp³-hybridized carbons (Fsp3) is 1.00. The fourth-order valence-corrected chi connectivity index (χ4v) is 4.02. The van der Waals surface area contributed by atoms with Gasteiger partial charge < -0.3 is 9.64 Å². The molecule has 2 fully saturated rings. The molecule has 0 spiro atoms. The van der Waals surface area contributed by atoms with Crippen LogP contribution in [0.25, 0.3) is 0 Å². The van der Waals surface area contributed by atoms with Gasteiger partial charge in [0.2, 0.25) is 0 Å². The Kier molecular flexibility index (Phi) is 4.38. The second kappa shape index (κ2) is 5.50. The van der Waals surface area contributed by atoms with Crippen LogP contribution in [0, 0.1) is 11.3 Å². The molecule has 0 aromatic heterocycles. The lowest BCUT2D eigenvalue weighted by Gasteiger charge is -2.42. The van der Waals surface area contributed by atoms with E-state index in [0.717, 1.165) is 12.0 Å². The van der Waals surface area contributed by atoms with Gasteiger partial charge in [0.25, 0.3) is 0 Å². The van der Waals surface area contributed by atoms with Crippen LogP contribution in [0.15, 0.2) is 0 Å². The third-order valence-electron chi connectivity index (χ3n) is 5.09. The van der Waals surface area contributed by atoms with Gasteiger partial charge in [0.15, 0.2) is 0 Å². The van der Waals surface area contributed by atoms with E-state index in [1.165, 1.54) is 38.8 Å².